The molecular formula is C8H8ClFN2O. The zero-order valence-electron chi connectivity index (χ0n) is 6.90. The molecule has 0 saturated carbocycles. The average molecular weight is 203 g/mol. The topological polar surface area (TPSA) is 55.1 Å². The molecule has 0 heterocycles. The largest absolute Gasteiger partial charge is 0.351 e. The molecule has 0 bridgehead atoms. The number of hydrogen-bond donors (Lipinski definition) is 2. The average Bonchev–Trinajstić information content (AvgIpc) is 2.05. The van der Waals surface area contributed by atoms with Gasteiger partial charge in [0.25, 0.3) is 0 Å². The SMILES string of the molecule is Cc1c(F)ccc(Cl)c1NC(N)=O. The fourth-order valence-electron chi connectivity index (χ4n) is 0.930. The van der Waals surface area contributed by atoms with Crippen LogP contribution in [-0.4, -0.2) is 6.03 Å². The van der Waals surface area contributed by atoms with Crippen molar-refractivity contribution in [1.29, 1.82) is 0 Å². The summed E-state index contributed by atoms with van der Waals surface area (Å²) >= 11 is 5.71. The van der Waals surface area contributed by atoms with Gasteiger partial charge in [-0.05, 0) is 19.1 Å². The van der Waals surface area contributed by atoms with Gasteiger partial charge in [-0.15, -0.1) is 0 Å². The van der Waals surface area contributed by atoms with Crippen molar-refractivity contribution in [2.45, 2.75) is 6.92 Å². The van der Waals surface area contributed by atoms with Crippen molar-refractivity contribution >= 4 is 23.3 Å². The van der Waals surface area contributed by atoms with Crippen LogP contribution in [0, 0.1) is 12.7 Å². The maximum atomic E-state index is 13.0. The first kappa shape index (κ1) is 9.80. The van der Waals surface area contributed by atoms with Crippen molar-refractivity contribution < 1.29 is 9.18 Å². The minimum atomic E-state index is -0.768. The van der Waals surface area contributed by atoms with E-state index in [-0.39, 0.29) is 16.3 Å². The second-order valence-electron chi connectivity index (χ2n) is 2.52. The van der Waals surface area contributed by atoms with E-state index in [1.807, 2.05) is 0 Å². The summed E-state index contributed by atoms with van der Waals surface area (Å²) < 4.78 is 13.0. The molecule has 0 radical (unpaired) electrons. The summed E-state index contributed by atoms with van der Waals surface area (Å²) in [5.74, 6) is -0.437. The Balaban J connectivity index is 3.17. The molecule has 0 spiro atoms. The molecule has 0 fully saturated rings. The van der Waals surface area contributed by atoms with Crippen molar-refractivity contribution in [3.8, 4) is 0 Å². The molecule has 5 heteroatoms. The predicted octanol–water partition coefficient (Wildman–Crippen LogP) is 2.28. The lowest BCUT2D eigenvalue weighted by Crippen LogP contribution is -2.20. The second kappa shape index (κ2) is 3.62. The quantitative estimate of drug-likeness (QED) is 0.721. The maximum absolute atomic E-state index is 13.0. The molecule has 3 nitrogen and oxygen atoms in total. The third-order valence-electron chi connectivity index (χ3n) is 1.60. The normalized spacial score (nSPS) is 9.77. The second-order valence-corrected chi connectivity index (χ2v) is 2.93. The van der Waals surface area contributed by atoms with Gasteiger partial charge < -0.3 is 11.1 Å². The number of carbonyl (C=O) groups is 1. The van der Waals surface area contributed by atoms with Gasteiger partial charge in [0, 0.05) is 5.56 Å². The summed E-state index contributed by atoms with van der Waals surface area (Å²) in [7, 11) is 0. The molecule has 1 aromatic rings. The molecule has 2 amide bonds. The van der Waals surface area contributed by atoms with E-state index in [1.165, 1.54) is 19.1 Å². The predicted molar refractivity (Wildman–Crippen MR) is 49.4 cm³/mol. The van der Waals surface area contributed by atoms with Crippen LogP contribution >= 0.6 is 11.6 Å². The van der Waals surface area contributed by atoms with Crippen molar-refractivity contribution in [2.24, 2.45) is 5.73 Å². The number of nitrogens with one attached hydrogen (secondary N) is 1. The number of amides is 2. The highest BCUT2D eigenvalue weighted by atomic mass is 35.5. The summed E-state index contributed by atoms with van der Waals surface area (Å²) in [6.07, 6.45) is 0. The van der Waals surface area contributed by atoms with Crippen LogP contribution < -0.4 is 11.1 Å². The Morgan fingerprint density at radius 3 is 2.77 bits per heavy atom. The van der Waals surface area contributed by atoms with Crippen molar-refractivity contribution in [1.82, 2.24) is 0 Å². The summed E-state index contributed by atoms with van der Waals surface area (Å²) in [6, 6.07) is 1.81. The number of carbonyl (C=O) groups excluding carboxylic acids is 1. The lowest BCUT2D eigenvalue weighted by Gasteiger charge is -2.08. The minimum Gasteiger partial charge on any atom is -0.351 e. The number of rotatable bonds is 1. The Hall–Kier alpha value is -1.29. The highest BCUT2D eigenvalue weighted by Crippen LogP contribution is 2.27. The molecule has 1 aromatic carbocycles. The Labute approximate surface area is 79.7 Å². The van der Waals surface area contributed by atoms with Gasteiger partial charge in [-0.2, -0.15) is 0 Å². The Bertz CT molecular complexity index is 354. The molecule has 0 aliphatic heterocycles. The van der Waals surface area contributed by atoms with Crippen LogP contribution in [0.3, 0.4) is 0 Å². The molecular weight excluding hydrogens is 195 g/mol. The molecule has 13 heavy (non-hydrogen) atoms. The lowest BCUT2D eigenvalue weighted by molar-refractivity contribution is 0.259. The van der Waals surface area contributed by atoms with Crippen LogP contribution in [0.4, 0.5) is 14.9 Å². The van der Waals surface area contributed by atoms with Gasteiger partial charge in [-0.1, -0.05) is 11.6 Å². The number of nitrogens with two attached hydrogens (primary N) is 1. The molecule has 0 aliphatic carbocycles. The van der Waals surface area contributed by atoms with Gasteiger partial charge in [0.15, 0.2) is 0 Å². The Morgan fingerprint density at radius 1 is 1.62 bits per heavy atom. The standard InChI is InChI=1S/C8H8ClFN2O/c1-4-6(10)3-2-5(9)7(4)12-8(11)13/h2-3H,1H3,(H3,11,12,13). The smallest absolute Gasteiger partial charge is 0.316 e. The summed E-state index contributed by atoms with van der Waals surface area (Å²) in [6.45, 7) is 1.51. The highest BCUT2D eigenvalue weighted by Gasteiger charge is 2.09. The van der Waals surface area contributed by atoms with E-state index in [0.29, 0.717) is 0 Å². The van der Waals surface area contributed by atoms with Crippen LogP contribution in [0.2, 0.25) is 5.02 Å². The minimum absolute atomic E-state index is 0.217. The van der Waals surface area contributed by atoms with Crippen LogP contribution in [0.15, 0.2) is 12.1 Å². The molecule has 0 aromatic heterocycles. The van der Waals surface area contributed by atoms with Gasteiger partial charge in [-0.25, -0.2) is 9.18 Å². The van der Waals surface area contributed by atoms with E-state index >= 15 is 0 Å². The molecule has 1 rings (SSSR count). The van der Waals surface area contributed by atoms with E-state index in [2.05, 4.69) is 5.32 Å². The highest BCUT2D eigenvalue weighted by molar-refractivity contribution is 6.33. The molecule has 70 valence electrons. The Morgan fingerprint density at radius 2 is 2.23 bits per heavy atom. The first-order chi connectivity index (χ1) is 6.02. The van der Waals surface area contributed by atoms with Crippen LogP contribution in [0.25, 0.3) is 0 Å². The van der Waals surface area contributed by atoms with E-state index < -0.39 is 11.8 Å². The van der Waals surface area contributed by atoms with Gasteiger partial charge in [-0.3, -0.25) is 0 Å². The number of halogens is 2. The molecule has 0 saturated heterocycles. The third kappa shape index (κ3) is 2.09. The van der Waals surface area contributed by atoms with Crippen molar-refractivity contribution in [2.75, 3.05) is 5.32 Å². The fourth-order valence-corrected chi connectivity index (χ4v) is 1.18. The van der Waals surface area contributed by atoms with E-state index in [1.54, 1.807) is 0 Å². The molecule has 3 N–H and O–H groups in total. The zero-order chi connectivity index (χ0) is 10.0. The van der Waals surface area contributed by atoms with Crippen molar-refractivity contribution in [3.63, 3.8) is 0 Å². The van der Waals surface area contributed by atoms with Crippen LogP contribution in [-0.2, 0) is 0 Å². The summed E-state index contributed by atoms with van der Waals surface area (Å²) in [5, 5.41) is 2.51. The van der Waals surface area contributed by atoms with Crippen LogP contribution in [0.1, 0.15) is 5.56 Å². The number of benzene rings is 1. The van der Waals surface area contributed by atoms with Crippen LogP contribution in [0.5, 0.6) is 0 Å². The first-order valence-corrected chi connectivity index (χ1v) is 3.91. The lowest BCUT2D eigenvalue weighted by atomic mass is 10.2. The number of primary amides is 1. The number of urea groups is 1. The zero-order valence-corrected chi connectivity index (χ0v) is 7.65. The van der Waals surface area contributed by atoms with Gasteiger partial charge >= 0.3 is 6.03 Å². The molecule has 0 atom stereocenters. The third-order valence-corrected chi connectivity index (χ3v) is 1.91. The Kier molecular flexibility index (Phi) is 2.72. The summed E-state index contributed by atoms with van der Waals surface area (Å²) in [4.78, 5) is 10.5. The number of anilines is 1. The fraction of sp³-hybridized carbons (Fsp3) is 0.125. The van der Waals surface area contributed by atoms with Gasteiger partial charge in [0.05, 0.1) is 10.7 Å². The summed E-state index contributed by atoms with van der Waals surface area (Å²) in [5.41, 5.74) is 5.37. The maximum Gasteiger partial charge on any atom is 0.316 e. The van der Waals surface area contributed by atoms with Gasteiger partial charge in [0.2, 0.25) is 0 Å². The van der Waals surface area contributed by atoms with E-state index in [4.69, 9.17) is 17.3 Å². The number of hydrogen-bond acceptors (Lipinski definition) is 1. The van der Waals surface area contributed by atoms with Crippen molar-refractivity contribution in [3.05, 3.63) is 28.5 Å². The molecule has 0 unspecified atom stereocenters. The first-order valence-electron chi connectivity index (χ1n) is 3.53. The van der Waals surface area contributed by atoms with Gasteiger partial charge in [0.1, 0.15) is 5.82 Å². The monoisotopic (exact) mass is 202 g/mol. The van der Waals surface area contributed by atoms with E-state index in [9.17, 15) is 9.18 Å². The van der Waals surface area contributed by atoms with E-state index in [0.717, 1.165) is 0 Å². The molecule has 0 aliphatic rings.